The molecule has 29 heavy (non-hydrogen) atoms. The van der Waals surface area contributed by atoms with E-state index < -0.39 is 23.1 Å². The number of allylic oxidation sites excluding steroid dienone is 1. The zero-order chi connectivity index (χ0) is 20.4. The van der Waals surface area contributed by atoms with Gasteiger partial charge in [-0.1, -0.05) is 18.2 Å². The molecule has 0 radical (unpaired) electrons. The van der Waals surface area contributed by atoms with Crippen LogP contribution in [0.25, 0.3) is 0 Å². The smallest absolute Gasteiger partial charge is 0.366 e. The highest BCUT2D eigenvalue weighted by Crippen LogP contribution is 2.33. The van der Waals surface area contributed by atoms with Gasteiger partial charge in [-0.3, -0.25) is 4.99 Å². The lowest BCUT2D eigenvalue weighted by molar-refractivity contribution is -0.138. The molecule has 0 saturated carbocycles. The number of hydrogen-bond donors (Lipinski definition) is 2. The molecule has 8 heteroatoms. The second-order valence-electron chi connectivity index (χ2n) is 7.22. The third kappa shape index (κ3) is 4.26. The molecule has 0 aliphatic carbocycles. The van der Waals surface area contributed by atoms with E-state index in [9.17, 15) is 17.6 Å². The van der Waals surface area contributed by atoms with Gasteiger partial charge in [-0.25, -0.2) is 9.38 Å². The first-order chi connectivity index (χ1) is 13.9. The maximum atomic E-state index is 13.9. The minimum atomic E-state index is -4.60. The Morgan fingerprint density at radius 3 is 2.86 bits per heavy atom. The molecule has 3 heterocycles. The Hall–Kier alpha value is -2.90. The van der Waals surface area contributed by atoms with Crippen molar-refractivity contribution in [2.45, 2.75) is 25.6 Å². The Balaban J connectivity index is 1.34. The summed E-state index contributed by atoms with van der Waals surface area (Å²) in [7, 11) is 0. The predicted molar refractivity (Wildman–Crippen MR) is 104 cm³/mol. The number of nitrogens with one attached hydrogen (secondary N) is 2. The van der Waals surface area contributed by atoms with Crippen LogP contribution in [0.15, 0.2) is 64.4 Å². The van der Waals surface area contributed by atoms with Crippen LogP contribution >= 0.6 is 0 Å². The minimum Gasteiger partial charge on any atom is -0.366 e. The minimum absolute atomic E-state index is 0.200. The van der Waals surface area contributed by atoms with Crippen molar-refractivity contribution in [1.82, 2.24) is 10.6 Å². The van der Waals surface area contributed by atoms with Crippen LogP contribution in [-0.4, -0.2) is 18.2 Å². The molecule has 4 rings (SSSR count). The lowest BCUT2D eigenvalue weighted by Crippen LogP contribution is -2.29. The number of alkyl halides is 3. The second-order valence-corrected chi connectivity index (χ2v) is 7.22. The van der Waals surface area contributed by atoms with Crippen molar-refractivity contribution < 1.29 is 17.6 Å². The van der Waals surface area contributed by atoms with Crippen molar-refractivity contribution in [3.05, 3.63) is 71.3 Å². The largest absolute Gasteiger partial charge is 0.416 e. The van der Waals surface area contributed by atoms with E-state index in [0.717, 1.165) is 36.9 Å². The number of hydrogen-bond acceptors (Lipinski definition) is 4. The fraction of sp³-hybridized carbons (Fsp3) is 0.333. The van der Waals surface area contributed by atoms with Gasteiger partial charge in [-0.15, -0.1) is 0 Å². The van der Waals surface area contributed by atoms with Crippen LogP contribution in [0, 0.1) is 17.7 Å². The summed E-state index contributed by atoms with van der Waals surface area (Å²) < 4.78 is 53.2. The number of benzene rings is 1. The average molecular weight is 404 g/mol. The Kier molecular flexibility index (Phi) is 5.25. The van der Waals surface area contributed by atoms with Gasteiger partial charge >= 0.3 is 6.18 Å². The molecule has 0 bridgehead atoms. The van der Waals surface area contributed by atoms with Crippen LogP contribution in [0.5, 0.6) is 0 Å². The van der Waals surface area contributed by atoms with E-state index in [4.69, 9.17) is 0 Å². The van der Waals surface area contributed by atoms with Crippen LogP contribution in [0.1, 0.15) is 24.0 Å². The molecule has 3 aliphatic rings. The Morgan fingerprint density at radius 2 is 2.10 bits per heavy atom. The summed E-state index contributed by atoms with van der Waals surface area (Å²) in [5, 5.41) is 5.98. The SMILES string of the molecule is Fc1cccc(C(F)(F)F)c1CNC1=NCC(CC2=CN=C3NC=CCC23)C=C1. The molecule has 2 atom stereocenters. The van der Waals surface area contributed by atoms with E-state index in [2.05, 4.69) is 26.7 Å². The molecule has 2 unspecified atom stereocenters. The monoisotopic (exact) mass is 404 g/mol. The van der Waals surface area contributed by atoms with Gasteiger partial charge < -0.3 is 10.6 Å². The van der Waals surface area contributed by atoms with Gasteiger partial charge in [0, 0.05) is 36.7 Å². The molecule has 0 fully saturated rings. The molecule has 0 saturated heterocycles. The zero-order valence-electron chi connectivity index (χ0n) is 15.5. The molecule has 1 aromatic rings. The van der Waals surface area contributed by atoms with E-state index in [1.807, 2.05) is 18.5 Å². The summed E-state index contributed by atoms with van der Waals surface area (Å²) in [5.74, 6) is 1.03. The summed E-state index contributed by atoms with van der Waals surface area (Å²) in [6.45, 7) is 0.239. The summed E-state index contributed by atoms with van der Waals surface area (Å²) in [5.41, 5.74) is -0.126. The summed E-state index contributed by atoms with van der Waals surface area (Å²) in [6, 6.07) is 2.98. The van der Waals surface area contributed by atoms with Crippen molar-refractivity contribution in [2.75, 3.05) is 6.54 Å². The summed E-state index contributed by atoms with van der Waals surface area (Å²) >= 11 is 0. The van der Waals surface area contributed by atoms with Gasteiger partial charge in [0.05, 0.1) is 5.56 Å². The number of nitrogens with zero attached hydrogens (tertiary/aromatic N) is 2. The highest BCUT2D eigenvalue weighted by Gasteiger charge is 2.34. The molecule has 152 valence electrons. The van der Waals surface area contributed by atoms with Crippen molar-refractivity contribution >= 4 is 11.7 Å². The van der Waals surface area contributed by atoms with Crippen LogP contribution in [-0.2, 0) is 12.7 Å². The van der Waals surface area contributed by atoms with Gasteiger partial charge in [0.15, 0.2) is 0 Å². The Bertz CT molecular complexity index is 940. The van der Waals surface area contributed by atoms with E-state index in [-0.39, 0.29) is 12.5 Å². The quantitative estimate of drug-likeness (QED) is 0.734. The molecular formula is C21H20F4N4. The molecular weight excluding hydrogens is 384 g/mol. The van der Waals surface area contributed by atoms with Gasteiger partial charge in [-0.2, -0.15) is 13.2 Å². The zero-order valence-corrected chi connectivity index (χ0v) is 15.5. The van der Waals surface area contributed by atoms with E-state index in [0.29, 0.717) is 18.3 Å². The van der Waals surface area contributed by atoms with Crippen LogP contribution in [0.3, 0.4) is 0 Å². The third-order valence-corrected chi connectivity index (χ3v) is 5.26. The molecule has 4 nitrogen and oxygen atoms in total. The highest BCUT2D eigenvalue weighted by atomic mass is 19.4. The average Bonchev–Trinajstić information content (AvgIpc) is 3.10. The maximum absolute atomic E-state index is 13.9. The van der Waals surface area contributed by atoms with Crippen LogP contribution in [0.4, 0.5) is 17.6 Å². The number of aliphatic imine (C=N–C) groups is 2. The number of halogens is 4. The third-order valence-electron chi connectivity index (χ3n) is 5.26. The molecule has 0 spiro atoms. The molecule has 3 aliphatic heterocycles. The van der Waals surface area contributed by atoms with E-state index in [1.165, 1.54) is 5.57 Å². The highest BCUT2D eigenvalue weighted by molar-refractivity contribution is 5.93. The molecule has 1 aromatic carbocycles. The van der Waals surface area contributed by atoms with E-state index in [1.54, 1.807) is 6.08 Å². The molecule has 2 N–H and O–H groups in total. The van der Waals surface area contributed by atoms with Crippen molar-refractivity contribution in [2.24, 2.45) is 21.8 Å². The van der Waals surface area contributed by atoms with Crippen molar-refractivity contribution in [3.8, 4) is 0 Å². The number of dihydropyridines is 1. The Labute approximate surface area is 165 Å². The van der Waals surface area contributed by atoms with Gasteiger partial charge in [0.25, 0.3) is 0 Å². The first kappa shape index (κ1) is 19.4. The normalized spacial score (nSPS) is 23.1. The van der Waals surface area contributed by atoms with Crippen molar-refractivity contribution in [1.29, 1.82) is 0 Å². The first-order valence-electron chi connectivity index (χ1n) is 9.41. The molecule has 0 amide bonds. The Morgan fingerprint density at radius 1 is 1.24 bits per heavy atom. The van der Waals surface area contributed by atoms with Crippen molar-refractivity contribution in [3.63, 3.8) is 0 Å². The maximum Gasteiger partial charge on any atom is 0.416 e. The standard InChI is InChI=1S/C21H20F4N4/c22-18-5-1-4-17(21(23,24)25)16(18)12-28-19-7-6-13(10-27-19)9-14-11-29-20-15(14)3-2-8-26-20/h1-2,4-8,11,13,15H,3,9-10,12H2,(H,26,29)(H,27,28). The van der Waals surface area contributed by atoms with Crippen LogP contribution in [0.2, 0.25) is 0 Å². The lowest BCUT2D eigenvalue weighted by Gasteiger charge is -2.23. The first-order valence-corrected chi connectivity index (χ1v) is 9.41. The summed E-state index contributed by atoms with van der Waals surface area (Å²) in [6.07, 6.45) is 6.77. The van der Waals surface area contributed by atoms with Gasteiger partial charge in [0.2, 0.25) is 0 Å². The number of fused-ring (bicyclic) bond motifs is 1. The molecule has 0 aromatic heterocycles. The van der Waals surface area contributed by atoms with Gasteiger partial charge in [0.1, 0.15) is 17.5 Å². The number of amidine groups is 2. The topological polar surface area (TPSA) is 48.8 Å². The predicted octanol–water partition coefficient (Wildman–Crippen LogP) is 4.33. The second kappa shape index (κ2) is 7.85. The fourth-order valence-corrected chi connectivity index (χ4v) is 3.74. The van der Waals surface area contributed by atoms with Crippen LogP contribution < -0.4 is 10.6 Å². The lowest BCUT2D eigenvalue weighted by atomic mass is 9.87. The fourth-order valence-electron chi connectivity index (χ4n) is 3.74. The van der Waals surface area contributed by atoms with Gasteiger partial charge in [-0.05, 0) is 42.8 Å². The number of rotatable bonds is 4. The van der Waals surface area contributed by atoms with E-state index >= 15 is 0 Å². The summed E-state index contributed by atoms with van der Waals surface area (Å²) in [4.78, 5) is 8.83.